The Labute approximate surface area is 165 Å². The summed E-state index contributed by atoms with van der Waals surface area (Å²) in [5.74, 6) is 1.01. The summed E-state index contributed by atoms with van der Waals surface area (Å²) in [4.78, 5) is 20.8. The Hall–Kier alpha value is -3.41. The first-order chi connectivity index (χ1) is 13.5. The molecule has 0 aliphatic rings. The number of hydrogen-bond acceptors (Lipinski definition) is 5. The van der Waals surface area contributed by atoms with E-state index in [1.54, 1.807) is 0 Å². The van der Waals surface area contributed by atoms with E-state index in [4.69, 9.17) is 4.74 Å². The van der Waals surface area contributed by atoms with Crippen LogP contribution in [0.25, 0.3) is 0 Å². The highest BCUT2D eigenvalue weighted by Crippen LogP contribution is 2.27. The number of carbonyl (C=O) groups excluding carboxylic acids is 1. The number of ether oxygens (including phenoxy) is 1. The second-order valence-corrected chi connectivity index (χ2v) is 6.74. The van der Waals surface area contributed by atoms with Gasteiger partial charge in [0.05, 0.1) is 24.2 Å². The molecule has 0 saturated carbocycles. The molecule has 0 aliphatic carbocycles. The Morgan fingerprint density at radius 3 is 2.46 bits per heavy atom. The molecule has 0 fully saturated rings. The molecule has 1 amide bonds. The van der Waals surface area contributed by atoms with Crippen LogP contribution in [0.3, 0.4) is 0 Å². The standard InChI is InChI=1S/C22H24N4O2/c1-15(2)28-20-7-5-4-6-18(20)26-21-14-23-19(13-24-21)22(27)25-12-17-10-8-16(3)9-11-17/h4-11,13-15H,12H2,1-3H3,(H,24,26)(H,25,27). The zero-order valence-electron chi connectivity index (χ0n) is 16.3. The van der Waals surface area contributed by atoms with Gasteiger partial charge in [0, 0.05) is 6.54 Å². The lowest BCUT2D eigenvalue weighted by Gasteiger charge is -2.15. The van der Waals surface area contributed by atoms with Crippen LogP contribution in [-0.2, 0) is 6.54 Å². The van der Waals surface area contributed by atoms with Crippen molar-refractivity contribution in [2.45, 2.75) is 33.4 Å². The van der Waals surface area contributed by atoms with E-state index < -0.39 is 0 Å². The third-order valence-corrected chi connectivity index (χ3v) is 3.97. The summed E-state index contributed by atoms with van der Waals surface area (Å²) in [5.41, 5.74) is 3.28. The molecule has 6 nitrogen and oxygen atoms in total. The molecule has 0 radical (unpaired) electrons. The van der Waals surface area contributed by atoms with E-state index in [-0.39, 0.29) is 17.7 Å². The zero-order chi connectivity index (χ0) is 19.9. The largest absolute Gasteiger partial charge is 0.489 e. The molecule has 2 N–H and O–H groups in total. The molecular weight excluding hydrogens is 352 g/mol. The smallest absolute Gasteiger partial charge is 0.271 e. The number of carbonyl (C=O) groups is 1. The fraction of sp³-hybridized carbons (Fsp3) is 0.227. The van der Waals surface area contributed by atoms with E-state index in [1.165, 1.54) is 18.0 Å². The van der Waals surface area contributed by atoms with Gasteiger partial charge in [-0.2, -0.15) is 0 Å². The van der Waals surface area contributed by atoms with Crippen molar-refractivity contribution in [2.24, 2.45) is 0 Å². The highest BCUT2D eigenvalue weighted by Gasteiger charge is 2.10. The van der Waals surface area contributed by atoms with E-state index >= 15 is 0 Å². The number of amides is 1. The van der Waals surface area contributed by atoms with E-state index in [9.17, 15) is 4.79 Å². The fourth-order valence-corrected chi connectivity index (χ4v) is 2.55. The first kappa shape index (κ1) is 19.4. The Morgan fingerprint density at radius 2 is 1.79 bits per heavy atom. The third kappa shape index (κ3) is 5.30. The maximum absolute atomic E-state index is 12.3. The van der Waals surface area contributed by atoms with Crippen LogP contribution in [0, 0.1) is 6.92 Å². The van der Waals surface area contributed by atoms with Crippen molar-refractivity contribution in [3.05, 3.63) is 77.7 Å². The van der Waals surface area contributed by atoms with Gasteiger partial charge in [0.2, 0.25) is 0 Å². The molecule has 1 aromatic heterocycles. The average Bonchev–Trinajstić information content (AvgIpc) is 2.69. The summed E-state index contributed by atoms with van der Waals surface area (Å²) < 4.78 is 5.79. The van der Waals surface area contributed by atoms with Crippen molar-refractivity contribution >= 4 is 17.4 Å². The number of para-hydroxylation sites is 2. The molecule has 28 heavy (non-hydrogen) atoms. The molecule has 0 bridgehead atoms. The molecule has 0 unspecified atom stereocenters. The number of hydrogen-bond donors (Lipinski definition) is 2. The molecule has 0 aliphatic heterocycles. The van der Waals surface area contributed by atoms with Gasteiger partial charge < -0.3 is 15.4 Å². The summed E-state index contributed by atoms with van der Waals surface area (Å²) in [6.45, 7) is 6.42. The van der Waals surface area contributed by atoms with E-state index in [1.807, 2.05) is 69.3 Å². The lowest BCUT2D eigenvalue weighted by atomic mass is 10.1. The predicted molar refractivity (Wildman–Crippen MR) is 110 cm³/mol. The molecule has 0 saturated heterocycles. The van der Waals surface area contributed by atoms with E-state index in [2.05, 4.69) is 20.6 Å². The number of rotatable bonds is 7. The van der Waals surface area contributed by atoms with Gasteiger partial charge in [-0.15, -0.1) is 0 Å². The minimum atomic E-state index is -0.261. The van der Waals surface area contributed by atoms with Gasteiger partial charge in [-0.25, -0.2) is 9.97 Å². The monoisotopic (exact) mass is 376 g/mol. The first-order valence-corrected chi connectivity index (χ1v) is 9.20. The Balaban J connectivity index is 1.62. The van der Waals surface area contributed by atoms with Crippen LogP contribution in [0.5, 0.6) is 5.75 Å². The summed E-state index contributed by atoms with van der Waals surface area (Å²) in [6.07, 6.45) is 3.06. The maximum atomic E-state index is 12.3. The average molecular weight is 376 g/mol. The number of nitrogens with one attached hydrogen (secondary N) is 2. The van der Waals surface area contributed by atoms with Crippen molar-refractivity contribution in [2.75, 3.05) is 5.32 Å². The van der Waals surface area contributed by atoms with E-state index in [0.717, 1.165) is 17.0 Å². The topological polar surface area (TPSA) is 76.1 Å². The van der Waals surface area contributed by atoms with Crippen molar-refractivity contribution in [1.82, 2.24) is 15.3 Å². The highest BCUT2D eigenvalue weighted by molar-refractivity contribution is 5.92. The Morgan fingerprint density at radius 1 is 1.04 bits per heavy atom. The fourth-order valence-electron chi connectivity index (χ4n) is 2.55. The SMILES string of the molecule is Cc1ccc(CNC(=O)c2cnc(Nc3ccccc3OC(C)C)cn2)cc1. The molecule has 1 heterocycles. The minimum absolute atomic E-state index is 0.0636. The molecule has 2 aromatic carbocycles. The van der Waals surface area contributed by atoms with Gasteiger partial charge in [0.25, 0.3) is 5.91 Å². The van der Waals surface area contributed by atoms with Gasteiger partial charge in [0.1, 0.15) is 17.3 Å². The van der Waals surface area contributed by atoms with Crippen molar-refractivity contribution < 1.29 is 9.53 Å². The Kier molecular flexibility index (Phi) is 6.22. The lowest BCUT2D eigenvalue weighted by molar-refractivity contribution is 0.0945. The van der Waals surface area contributed by atoms with Gasteiger partial charge >= 0.3 is 0 Å². The summed E-state index contributed by atoms with van der Waals surface area (Å²) in [6, 6.07) is 15.6. The summed E-state index contributed by atoms with van der Waals surface area (Å²) in [5, 5.41) is 6.03. The van der Waals surface area contributed by atoms with Crippen molar-refractivity contribution in [1.29, 1.82) is 0 Å². The van der Waals surface area contributed by atoms with Crippen molar-refractivity contribution in [3.63, 3.8) is 0 Å². The molecule has 3 aromatic rings. The zero-order valence-corrected chi connectivity index (χ0v) is 16.3. The van der Waals surface area contributed by atoms with Crippen LogP contribution in [-0.4, -0.2) is 22.0 Å². The number of aryl methyl sites for hydroxylation is 1. The second kappa shape index (κ2) is 8.99. The quantitative estimate of drug-likeness (QED) is 0.645. The van der Waals surface area contributed by atoms with Crippen LogP contribution in [0.1, 0.15) is 35.5 Å². The van der Waals surface area contributed by atoms with Crippen LogP contribution in [0.2, 0.25) is 0 Å². The van der Waals surface area contributed by atoms with Crippen LogP contribution >= 0.6 is 0 Å². The molecule has 3 rings (SSSR count). The minimum Gasteiger partial charge on any atom is -0.489 e. The normalized spacial score (nSPS) is 10.6. The summed E-state index contributed by atoms with van der Waals surface area (Å²) >= 11 is 0. The number of aromatic nitrogens is 2. The lowest BCUT2D eigenvalue weighted by Crippen LogP contribution is -2.24. The third-order valence-electron chi connectivity index (χ3n) is 3.97. The second-order valence-electron chi connectivity index (χ2n) is 6.74. The van der Waals surface area contributed by atoms with Gasteiger partial charge in [-0.3, -0.25) is 4.79 Å². The molecule has 0 spiro atoms. The van der Waals surface area contributed by atoms with Gasteiger partial charge in [-0.05, 0) is 38.5 Å². The number of anilines is 2. The number of benzene rings is 2. The van der Waals surface area contributed by atoms with Crippen LogP contribution in [0.15, 0.2) is 60.9 Å². The maximum Gasteiger partial charge on any atom is 0.271 e. The first-order valence-electron chi connectivity index (χ1n) is 9.20. The van der Waals surface area contributed by atoms with Crippen LogP contribution < -0.4 is 15.4 Å². The predicted octanol–water partition coefficient (Wildman–Crippen LogP) is 4.25. The molecule has 144 valence electrons. The van der Waals surface area contributed by atoms with Gasteiger partial charge in [-0.1, -0.05) is 42.0 Å². The van der Waals surface area contributed by atoms with E-state index in [0.29, 0.717) is 12.4 Å². The molecule has 0 atom stereocenters. The Bertz CT molecular complexity index is 922. The molecule has 6 heteroatoms. The van der Waals surface area contributed by atoms with Crippen LogP contribution in [0.4, 0.5) is 11.5 Å². The van der Waals surface area contributed by atoms with Gasteiger partial charge in [0.15, 0.2) is 0 Å². The van der Waals surface area contributed by atoms with Crippen molar-refractivity contribution in [3.8, 4) is 5.75 Å². The number of nitrogens with zero attached hydrogens (tertiary/aromatic N) is 2. The highest BCUT2D eigenvalue weighted by atomic mass is 16.5. The molecular formula is C22H24N4O2. The summed E-state index contributed by atoms with van der Waals surface area (Å²) in [7, 11) is 0.